The van der Waals surface area contributed by atoms with Crippen molar-refractivity contribution < 1.29 is 33.0 Å². The van der Waals surface area contributed by atoms with E-state index in [-0.39, 0.29) is 23.9 Å². The van der Waals surface area contributed by atoms with Gasteiger partial charge in [0.05, 0.1) is 23.8 Å². The minimum atomic E-state index is -4.55. The number of phenolic OH excluding ortho intramolecular Hbond substituents is 1. The van der Waals surface area contributed by atoms with Gasteiger partial charge >= 0.3 is 6.18 Å². The molecule has 0 radical (unpaired) electrons. The topological polar surface area (TPSA) is 102 Å². The van der Waals surface area contributed by atoms with Crippen LogP contribution in [0.2, 0.25) is 0 Å². The van der Waals surface area contributed by atoms with Crippen molar-refractivity contribution in [3.63, 3.8) is 0 Å². The van der Waals surface area contributed by atoms with E-state index >= 15 is 0 Å². The maximum absolute atomic E-state index is 12.8. The van der Waals surface area contributed by atoms with E-state index in [0.717, 1.165) is 36.6 Å². The Labute approximate surface area is 200 Å². The molecular weight excluding hydrogens is 463 g/mol. The zero-order valence-corrected chi connectivity index (χ0v) is 19.0. The van der Waals surface area contributed by atoms with Crippen LogP contribution in [0, 0.1) is 0 Å². The number of benzene rings is 2. The van der Waals surface area contributed by atoms with Gasteiger partial charge < -0.3 is 20.8 Å². The Kier molecular flexibility index (Phi) is 7.05. The van der Waals surface area contributed by atoms with Crippen LogP contribution < -0.4 is 10.6 Å². The lowest BCUT2D eigenvalue weighted by Crippen LogP contribution is -2.63. The molecule has 2 amide bonds. The molecule has 2 aromatic rings. The molecule has 1 aliphatic heterocycles. The molecule has 0 aromatic heterocycles. The minimum absolute atomic E-state index is 0.0696. The lowest BCUT2D eigenvalue weighted by molar-refractivity contribution is -0.137. The van der Waals surface area contributed by atoms with E-state index in [0.29, 0.717) is 32.0 Å². The fourth-order valence-electron chi connectivity index (χ4n) is 4.81. The van der Waals surface area contributed by atoms with Gasteiger partial charge in [0.15, 0.2) is 0 Å². The first-order valence-corrected chi connectivity index (χ1v) is 11.5. The van der Waals surface area contributed by atoms with Crippen molar-refractivity contribution in [2.75, 3.05) is 19.6 Å². The largest absolute Gasteiger partial charge is 0.508 e. The first kappa shape index (κ1) is 25.0. The summed E-state index contributed by atoms with van der Waals surface area (Å²) in [7, 11) is 0. The number of halogens is 3. The molecule has 10 heteroatoms. The number of carbonyl (C=O) groups is 2. The van der Waals surface area contributed by atoms with E-state index in [1.165, 1.54) is 6.07 Å². The molecule has 4 N–H and O–H groups in total. The summed E-state index contributed by atoms with van der Waals surface area (Å²) in [5.74, 6) is -1.02. The second-order valence-electron chi connectivity index (χ2n) is 9.29. The van der Waals surface area contributed by atoms with Crippen LogP contribution in [0.4, 0.5) is 13.2 Å². The molecule has 1 saturated carbocycles. The molecular formula is C25H28F3N3O4. The average Bonchev–Trinajstić information content (AvgIpc) is 2.80. The lowest BCUT2D eigenvalue weighted by atomic mass is 9.76. The molecule has 4 rings (SSSR count). The highest BCUT2D eigenvalue weighted by Crippen LogP contribution is 2.40. The number of phenols is 1. The number of alkyl halides is 3. The summed E-state index contributed by atoms with van der Waals surface area (Å²) < 4.78 is 38.4. The average molecular weight is 492 g/mol. The van der Waals surface area contributed by atoms with Gasteiger partial charge in [-0.05, 0) is 61.6 Å². The van der Waals surface area contributed by atoms with Gasteiger partial charge in [0.2, 0.25) is 5.91 Å². The zero-order chi connectivity index (χ0) is 25.2. The molecule has 1 heterocycles. The van der Waals surface area contributed by atoms with Crippen LogP contribution in [-0.2, 0) is 16.6 Å². The highest BCUT2D eigenvalue weighted by molar-refractivity contribution is 5.96. The van der Waals surface area contributed by atoms with Crippen molar-refractivity contribution >= 4 is 11.8 Å². The minimum Gasteiger partial charge on any atom is -0.508 e. The number of nitrogens with one attached hydrogen (secondary N) is 2. The maximum Gasteiger partial charge on any atom is 0.416 e. The molecule has 7 nitrogen and oxygen atoms in total. The smallest absolute Gasteiger partial charge is 0.416 e. The second kappa shape index (κ2) is 9.87. The molecule has 0 spiro atoms. The number of likely N-dealkylation sites (tertiary alicyclic amines) is 1. The Hall–Kier alpha value is -3.11. The summed E-state index contributed by atoms with van der Waals surface area (Å²) in [4.78, 5) is 26.6. The SMILES string of the molecule is O=C(CNC(=O)c1cccc(C(F)(F)F)c1)NC1CN([C@H]2CC[C@@](O)(c3cccc(O)c3)CC2)C1. The number of carbonyl (C=O) groups excluding carboxylic acids is 2. The van der Waals surface area contributed by atoms with Gasteiger partial charge in [0.1, 0.15) is 5.75 Å². The van der Waals surface area contributed by atoms with Crippen LogP contribution >= 0.6 is 0 Å². The Balaban J connectivity index is 1.18. The van der Waals surface area contributed by atoms with Gasteiger partial charge in [-0.2, -0.15) is 13.2 Å². The van der Waals surface area contributed by atoms with E-state index in [2.05, 4.69) is 15.5 Å². The van der Waals surface area contributed by atoms with Gasteiger partial charge in [-0.25, -0.2) is 0 Å². The molecule has 2 aromatic carbocycles. The molecule has 35 heavy (non-hydrogen) atoms. The summed E-state index contributed by atoms with van der Waals surface area (Å²) in [5, 5.41) is 25.9. The molecule has 0 atom stereocenters. The summed E-state index contributed by atoms with van der Waals surface area (Å²) in [6.45, 7) is 0.983. The molecule has 2 fully saturated rings. The Morgan fingerprint density at radius 2 is 1.74 bits per heavy atom. The van der Waals surface area contributed by atoms with Crippen LogP contribution in [-0.4, -0.2) is 58.6 Å². The molecule has 1 saturated heterocycles. The standard InChI is InChI=1S/C25H28F3N3O4/c26-25(27,28)18-5-1-3-16(11-18)23(34)29-13-22(33)30-19-14-31(15-19)20-7-9-24(35,10-8-20)17-4-2-6-21(32)12-17/h1-6,11-12,19-20,32,35H,7-10,13-15H2,(H,29,34)(H,30,33)/t20-,24-. The summed E-state index contributed by atoms with van der Waals surface area (Å²) in [5.41, 5.74) is -1.32. The molecule has 0 bridgehead atoms. The first-order valence-electron chi connectivity index (χ1n) is 11.5. The lowest BCUT2D eigenvalue weighted by Gasteiger charge is -2.48. The van der Waals surface area contributed by atoms with E-state index < -0.39 is 29.2 Å². The predicted molar refractivity (Wildman–Crippen MR) is 122 cm³/mol. The van der Waals surface area contributed by atoms with Crippen molar-refractivity contribution in [1.82, 2.24) is 15.5 Å². The van der Waals surface area contributed by atoms with Crippen LogP contribution in [0.1, 0.15) is 47.2 Å². The molecule has 0 unspecified atom stereocenters. The number of amides is 2. The highest BCUT2D eigenvalue weighted by atomic mass is 19.4. The molecule has 2 aliphatic rings. The number of aromatic hydroxyl groups is 1. The molecule has 1 aliphatic carbocycles. The Bertz CT molecular complexity index is 1080. The van der Waals surface area contributed by atoms with Crippen molar-refractivity contribution in [1.29, 1.82) is 0 Å². The second-order valence-corrected chi connectivity index (χ2v) is 9.29. The van der Waals surface area contributed by atoms with Crippen molar-refractivity contribution in [3.8, 4) is 5.75 Å². The highest BCUT2D eigenvalue weighted by Gasteiger charge is 2.40. The number of hydrogen-bond acceptors (Lipinski definition) is 5. The zero-order valence-electron chi connectivity index (χ0n) is 19.0. The van der Waals surface area contributed by atoms with Crippen molar-refractivity contribution in [2.24, 2.45) is 0 Å². The van der Waals surface area contributed by atoms with Crippen molar-refractivity contribution in [2.45, 2.75) is 49.5 Å². The normalized spacial score (nSPS) is 23.4. The Morgan fingerprint density at radius 1 is 1.06 bits per heavy atom. The number of hydrogen-bond donors (Lipinski definition) is 4. The summed E-state index contributed by atoms with van der Waals surface area (Å²) in [6, 6.07) is 11.0. The van der Waals surface area contributed by atoms with Gasteiger partial charge in [0.25, 0.3) is 5.91 Å². The number of nitrogens with zero attached hydrogens (tertiary/aromatic N) is 1. The van der Waals surface area contributed by atoms with Gasteiger partial charge in [-0.3, -0.25) is 14.5 Å². The fraction of sp³-hybridized carbons (Fsp3) is 0.440. The van der Waals surface area contributed by atoms with E-state index in [1.807, 2.05) is 6.07 Å². The fourth-order valence-corrected chi connectivity index (χ4v) is 4.81. The van der Waals surface area contributed by atoms with Gasteiger partial charge in [-0.15, -0.1) is 0 Å². The molecule has 188 valence electrons. The first-order chi connectivity index (χ1) is 16.5. The van der Waals surface area contributed by atoms with Crippen LogP contribution in [0.15, 0.2) is 48.5 Å². The van der Waals surface area contributed by atoms with Gasteiger partial charge in [-0.1, -0.05) is 18.2 Å². The number of rotatable bonds is 6. The summed E-state index contributed by atoms with van der Waals surface area (Å²) in [6.07, 6.45) is -1.81. The van der Waals surface area contributed by atoms with Crippen molar-refractivity contribution in [3.05, 3.63) is 65.2 Å². The van der Waals surface area contributed by atoms with E-state index in [9.17, 15) is 33.0 Å². The third kappa shape index (κ3) is 5.94. The third-order valence-electron chi connectivity index (χ3n) is 6.82. The van der Waals surface area contributed by atoms with Gasteiger partial charge in [0, 0.05) is 24.7 Å². The number of aliphatic hydroxyl groups is 1. The quantitative estimate of drug-likeness (QED) is 0.498. The van der Waals surface area contributed by atoms with Crippen LogP contribution in [0.5, 0.6) is 5.75 Å². The van der Waals surface area contributed by atoms with Crippen LogP contribution in [0.25, 0.3) is 0 Å². The summed E-state index contributed by atoms with van der Waals surface area (Å²) >= 11 is 0. The van der Waals surface area contributed by atoms with Crippen LogP contribution in [0.3, 0.4) is 0 Å². The monoisotopic (exact) mass is 491 g/mol. The predicted octanol–water partition coefficient (Wildman–Crippen LogP) is 2.77. The van der Waals surface area contributed by atoms with E-state index in [1.54, 1.807) is 18.2 Å². The van der Waals surface area contributed by atoms with E-state index in [4.69, 9.17) is 0 Å². The maximum atomic E-state index is 12.8. The third-order valence-corrected chi connectivity index (χ3v) is 6.82. The Morgan fingerprint density at radius 3 is 2.40 bits per heavy atom.